The topological polar surface area (TPSA) is 67.4 Å². The summed E-state index contributed by atoms with van der Waals surface area (Å²) in [5, 5.41) is 7.60. The van der Waals surface area contributed by atoms with Crippen LogP contribution in [-0.2, 0) is 9.53 Å². The van der Waals surface area contributed by atoms with Crippen molar-refractivity contribution in [3.8, 4) is 0 Å². The molecular formula is C16H26N2O3S. The van der Waals surface area contributed by atoms with Crippen LogP contribution >= 0.6 is 11.3 Å². The highest BCUT2D eigenvalue weighted by atomic mass is 32.1. The highest BCUT2D eigenvalue weighted by Gasteiger charge is 2.26. The Morgan fingerprint density at radius 2 is 1.91 bits per heavy atom. The van der Waals surface area contributed by atoms with E-state index < -0.39 is 17.2 Å². The van der Waals surface area contributed by atoms with Crippen LogP contribution in [0.2, 0.25) is 0 Å². The van der Waals surface area contributed by atoms with Crippen molar-refractivity contribution < 1.29 is 14.3 Å². The number of alkyl carbamates (subject to hydrolysis) is 1. The van der Waals surface area contributed by atoms with Crippen LogP contribution in [0.15, 0.2) is 17.5 Å². The van der Waals surface area contributed by atoms with Gasteiger partial charge < -0.3 is 15.4 Å². The van der Waals surface area contributed by atoms with Crippen molar-refractivity contribution in [3.05, 3.63) is 22.4 Å². The molecule has 124 valence electrons. The molecule has 0 bridgehead atoms. The van der Waals surface area contributed by atoms with Crippen molar-refractivity contribution >= 4 is 23.3 Å². The summed E-state index contributed by atoms with van der Waals surface area (Å²) in [6, 6.07) is 3.87. The third-order valence-corrected chi connectivity index (χ3v) is 3.96. The zero-order valence-electron chi connectivity index (χ0n) is 14.1. The van der Waals surface area contributed by atoms with Gasteiger partial charge in [-0.1, -0.05) is 6.07 Å². The summed E-state index contributed by atoms with van der Waals surface area (Å²) in [6.07, 6.45) is -0.488. The first-order valence-corrected chi connectivity index (χ1v) is 8.20. The summed E-state index contributed by atoms with van der Waals surface area (Å²) in [5.74, 6) is -0.251. The fourth-order valence-corrected chi connectivity index (χ4v) is 2.53. The van der Waals surface area contributed by atoms with Gasteiger partial charge in [-0.2, -0.15) is 0 Å². The van der Waals surface area contributed by atoms with Crippen molar-refractivity contribution in [2.75, 3.05) is 6.54 Å². The third kappa shape index (κ3) is 6.47. The summed E-state index contributed by atoms with van der Waals surface area (Å²) in [7, 11) is 0. The molecule has 0 aliphatic rings. The number of carbonyl (C=O) groups excluding carboxylic acids is 2. The average molecular weight is 326 g/mol. The standard InChI is InChI=1S/C16H26N2O3S/c1-11(12-8-7-9-22-12)13(19)17-10-16(5,6)18-14(20)21-15(2,3)4/h7-9,11H,10H2,1-6H3,(H,17,19)(H,18,20)/t11-/m1/s1. The Balaban J connectivity index is 2.48. The molecular weight excluding hydrogens is 300 g/mol. The maximum Gasteiger partial charge on any atom is 0.408 e. The van der Waals surface area contributed by atoms with Crippen LogP contribution in [0.5, 0.6) is 0 Å². The molecule has 0 radical (unpaired) electrons. The van der Waals surface area contributed by atoms with Crippen LogP contribution in [0.4, 0.5) is 4.79 Å². The van der Waals surface area contributed by atoms with Crippen molar-refractivity contribution in [3.63, 3.8) is 0 Å². The molecule has 5 nitrogen and oxygen atoms in total. The number of hydrogen-bond donors (Lipinski definition) is 2. The number of ether oxygens (including phenoxy) is 1. The number of nitrogens with one attached hydrogen (secondary N) is 2. The number of thiophene rings is 1. The van der Waals surface area contributed by atoms with E-state index in [1.165, 1.54) is 0 Å². The van der Waals surface area contributed by atoms with E-state index in [0.717, 1.165) is 4.88 Å². The van der Waals surface area contributed by atoms with E-state index in [1.54, 1.807) is 11.3 Å². The lowest BCUT2D eigenvalue weighted by Gasteiger charge is -2.29. The quantitative estimate of drug-likeness (QED) is 0.872. The molecule has 22 heavy (non-hydrogen) atoms. The van der Waals surface area contributed by atoms with Gasteiger partial charge in [-0.15, -0.1) is 11.3 Å². The second kappa shape index (κ2) is 7.13. The second-order valence-electron chi connectivity index (χ2n) is 6.97. The SMILES string of the molecule is C[C@@H](C(=O)NCC(C)(C)NC(=O)OC(C)(C)C)c1cccs1. The predicted octanol–water partition coefficient (Wildman–Crippen LogP) is 3.27. The first-order valence-electron chi connectivity index (χ1n) is 7.32. The number of amides is 2. The molecule has 0 fully saturated rings. The average Bonchev–Trinajstić information content (AvgIpc) is 2.85. The first kappa shape index (κ1) is 18.5. The molecule has 0 aliphatic carbocycles. The Morgan fingerprint density at radius 3 is 2.41 bits per heavy atom. The molecule has 1 atom stereocenters. The van der Waals surface area contributed by atoms with Crippen LogP contribution in [0, 0.1) is 0 Å². The Labute approximate surface area is 136 Å². The molecule has 1 aromatic heterocycles. The fourth-order valence-electron chi connectivity index (χ4n) is 1.75. The van der Waals surface area contributed by atoms with Gasteiger partial charge in [0.1, 0.15) is 5.60 Å². The Bertz CT molecular complexity index is 504. The van der Waals surface area contributed by atoms with Gasteiger partial charge in [0.25, 0.3) is 0 Å². The van der Waals surface area contributed by atoms with Crippen molar-refractivity contribution in [2.24, 2.45) is 0 Å². The maximum atomic E-state index is 12.2. The highest BCUT2D eigenvalue weighted by molar-refractivity contribution is 7.10. The molecule has 0 unspecified atom stereocenters. The molecule has 2 N–H and O–H groups in total. The third-order valence-electron chi connectivity index (χ3n) is 2.91. The molecule has 6 heteroatoms. The molecule has 2 amide bonds. The van der Waals surface area contributed by atoms with Crippen molar-refractivity contribution in [1.82, 2.24) is 10.6 Å². The molecule has 0 aromatic carbocycles. The normalized spacial score (nSPS) is 13.4. The van der Waals surface area contributed by atoms with Crippen LogP contribution in [0.3, 0.4) is 0 Å². The van der Waals surface area contributed by atoms with Crippen LogP contribution in [0.25, 0.3) is 0 Å². The van der Waals surface area contributed by atoms with Gasteiger partial charge in [-0.3, -0.25) is 4.79 Å². The van der Waals surface area contributed by atoms with E-state index in [1.807, 2.05) is 59.1 Å². The van der Waals surface area contributed by atoms with E-state index in [4.69, 9.17) is 4.74 Å². The number of carbonyl (C=O) groups is 2. The van der Waals surface area contributed by atoms with E-state index in [2.05, 4.69) is 10.6 Å². The van der Waals surface area contributed by atoms with Gasteiger partial charge in [0, 0.05) is 11.4 Å². The molecule has 0 saturated heterocycles. The Morgan fingerprint density at radius 1 is 1.27 bits per heavy atom. The minimum absolute atomic E-state index is 0.0542. The van der Waals surface area contributed by atoms with Gasteiger partial charge in [0.2, 0.25) is 5.91 Å². The lowest BCUT2D eigenvalue weighted by Crippen LogP contribution is -2.52. The summed E-state index contributed by atoms with van der Waals surface area (Å²) in [4.78, 5) is 25.0. The van der Waals surface area contributed by atoms with Gasteiger partial charge in [0.05, 0.1) is 11.5 Å². The summed E-state index contributed by atoms with van der Waals surface area (Å²) in [6.45, 7) is 11.3. The second-order valence-corrected chi connectivity index (χ2v) is 7.94. The minimum atomic E-state index is -0.590. The lowest BCUT2D eigenvalue weighted by atomic mass is 10.0. The number of hydrogen-bond acceptors (Lipinski definition) is 4. The molecule has 0 aliphatic heterocycles. The van der Waals surface area contributed by atoms with Crippen LogP contribution in [0.1, 0.15) is 52.3 Å². The van der Waals surface area contributed by atoms with Crippen molar-refractivity contribution in [1.29, 1.82) is 0 Å². The lowest BCUT2D eigenvalue weighted by molar-refractivity contribution is -0.122. The Hall–Kier alpha value is -1.56. The van der Waals surface area contributed by atoms with E-state index in [0.29, 0.717) is 6.54 Å². The monoisotopic (exact) mass is 326 g/mol. The van der Waals surface area contributed by atoms with Crippen molar-refractivity contribution in [2.45, 2.75) is 58.6 Å². The number of rotatable bonds is 5. The zero-order valence-corrected chi connectivity index (χ0v) is 15.0. The van der Waals surface area contributed by atoms with E-state index in [9.17, 15) is 9.59 Å². The minimum Gasteiger partial charge on any atom is -0.444 e. The van der Waals surface area contributed by atoms with Gasteiger partial charge in [0.15, 0.2) is 0 Å². The highest BCUT2D eigenvalue weighted by Crippen LogP contribution is 2.20. The maximum absolute atomic E-state index is 12.2. The predicted molar refractivity (Wildman–Crippen MR) is 89.2 cm³/mol. The molecule has 1 aromatic rings. The van der Waals surface area contributed by atoms with Gasteiger partial charge in [-0.25, -0.2) is 4.79 Å². The first-order chi connectivity index (χ1) is 10.0. The van der Waals surface area contributed by atoms with Gasteiger partial charge in [-0.05, 0) is 53.0 Å². The fraction of sp³-hybridized carbons (Fsp3) is 0.625. The molecule has 0 spiro atoms. The zero-order chi connectivity index (χ0) is 17.0. The summed E-state index contributed by atoms with van der Waals surface area (Å²) < 4.78 is 5.23. The summed E-state index contributed by atoms with van der Waals surface area (Å²) in [5.41, 5.74) is -1.13. The van der Waals surface area contributed by atoms with Gasteiger partial charge >= 0.3 is 6.09 Å². The van der Waals surface area contributed by atoms with Crippen LogP contribution in [-0.4, -0.2) is 29.7 Å². The molecule has 1 rings (SSSR count). The van der Waals surface area contributed by atoms with E-state index >= 15 is 0 Å². The largest absolute Gasteiger partial charge is 0.444 e. The van der Waals surface area contributed by atoms with Crippen LogP contribution < -0.4 is 10.6 Å². The van der Waals surface area contributed by atoms with E-state index in [-0.39, 0.29) is 11.8 Å². The summed E-state index contributed by atoms with van der Waals surface area (Å²) >= 11 is 1.56. The smallest absolute Gasteiger partial charge is 0.408 e. The molecule has 1 heterocycles. The Kier molecular flexibility index (Phi) is 6.00. The molecule has 0 saturated carbocycles.